The zero-order valence-electron chi connectivity index (χ0n) is 17.3. The van der Waals surface area contributed by atoms with Gasteiger partial charge in [-0.2, -0.15) is 0 Å². The van der Waals surface area contributed by atoms with Crippen LogP contribution in [-0.2, 0) is 9.53 Å². The van der Waals surface area contributed by atoms with Crippen LogP contribution in [0, 0.1) is 26.1 Å². The van der Waals surface area contributed by atoms with Gasteiger partial charge in [0.05, 0.1) is 21.5 Å². The minimum Gasteiger partial charge on any atom is -0.456 e. The minimum atomic E-state index is -1.16. The van der Waals surface area contributed by atoms with Crippen LogP contribution in [0.5, 0.6) is 0 Å². The molecule has 0 spiro atoms. The summed E-state index contributed by atoms with van der Waals surface area (Å²) in [5.41, 5.74) is -1.27. The van der Waals surface area contributed by atoms with Gasteiger partial charge in [-0.15, -0.1) is 0 Å². The molecule has 0 saturated carbocycles. The van der Waals surface area contributed by atoms with Gasteiger partial charge in [-0.1, -0.05) is 44.2 Å². The zero-order valence-corrected chi connectivity index (χ0v) is 17.3. The quantitative estimate of drug-likeness (QED) is 0.254. The van der Waals surface area contributed by atoms with Crippen LogP contribution < -0.4 is 5.32 Å². The van der Waals surface area contributed by atoms with Crippen molar-refractivity contribution in [3.63, 3.8) is 0 Å². The fraction of sp³-hybridized carbons (Fsp3) is 0.286. The van der Waals surface area contributed by atoms with Crippen LogP contribution in [0.4, 0.5) is 11.4 Å². The molecule has 168 valence electrons. The summed E-state index contributed by atoms with van der Waals surface area (Å²) in [5.74, 6) is -2.27. The standard InChI is InChI=1S/C21H21N3O8/c1-13(2)8-18(21(27)32-12-19(25)14-6-4-3-5-7-14)22-20(26)15-9-16(23(28)29)11-17(10-15)24(30)31/h3-7,9-11,13,18H,8,12H2,1-2H3,(H,22,26). The molecule has 0 heterocycles. The number of nitrogens with zero attached hydrogens (tertiary/aromatic N) is 2. The summed E-state index contributed by atoms with van der Waals surface area (Å²) in [7, 11) is 0. The Morgan fingerprint density at radius 2 is 1.50 bits per heavy atom. The molecule has 11 nitrogen and oxygen atoms in total. The van der Waals surface area contributed by atoms with Crippen molar-refractivity contribution in [1.82, 2.24) is 5.32 Å². The Hall–Kier alpha value is -4.15. The predicted molar refractivity (Wildman–Crippen MR) is 112 cm³/mol. The first-order valence-electron chi connectivity index (χ1n) is 9.58. The molecule has 1 N–H and O–H groups in total. The molecule has 0 saturated heterocycles. The number of carbonyl (C=O) groups excluding carboxylic acids is 3. The van der Waals surface area contributed by atoms with E-state index in [0.717, 1.165) is 18.2 Å². The van der Waals surface area contributed by atoms with Crippen LogP contribution in [0.1, 0.15) is 41.0 Å². The molecule has 0 aliphatic rings. The number of esters is 1. The largest absolute Gasteiger partial charge is 0.456 e. The average Bonchev–Trinajstić information content (AvgIpc) is 2.76. The Morgan fingerprint density at radius 3 is 2.00 bits per heavy atom. The summed E-state index contributed by atoms with van der Waals surface area (Å²) < 4.78 is 5.06. The van der Waals surface area contributed by atoms with Crippen molar-refractivity contribution in [2.75, 3.05) is 6.61 Å². The molecule has 2 rings (SSSR count). The number of nitro benzene ring substituents is 2. The summed E-state index contributed by atoms with van der Waals surface area (Å²) >= 11 is 0. The average molecular weight is 443 g/mol. The van der Waals surface area contributed by atoms with E-state index < -0.39 is 51.5 Å². The van der Waals surface area contributed by atoms with E-state index in [4.69, 9.17) is 4.74 Å². The van der Waals surface area contributed by atoms with Crippen LogP contribution in [0.3, 0.4) is 0 Å². The van der Waals surface area contributed by atoms with Crippen LogP contribution in [0.15, 0.2) is 48.5 Å². The molecule has 1 amide bonds. The molecule has 32 heavy (non-hydrogen) atoms. The van der Waals surface area contributed by atoms with E-state index in [2.05, 4.69) is 5.32 Å². The summed E-state index contributed by atoms with van der Waals surface area (Å²) in [6.45, 7) is 3.05. The first-order chi connectivity index (χ1) is 15.1. The summed E-state index contributed by atoms with van der Waals surface area (Å²) in [4.78, 5) is 57.6. The number of benzene rings is 2. The predicted octanol–water partition coefficient (Wildman–Crippen LogP) is 3.07. The van der Waals surface area contributed by atoms with Gasteiger partial charge >= 0.3 is 5.97 Å². The van der Waals surface area contributed by atoms with Crippen molar-refractivity contribution < 1.29 is 29.0 Å². The van der Waals surface area contributed by atoms with Crippen molar-refractivity contribution >= 4 is 29.0 Å². The maximum Gasteiger partial charge on any atom is 0.329 e. The monoisotopic (exact) mass is 443 g/mol. The molecule has 2 aromatic rings. The van der Waals surface area contributed by atoms with Crippen molar-refractivity contribution in [2.24, 2.45) is 5.92 Å². The Kier molecular flexibility index (Phi) is 8.11. The summed E-state index contributed by atoms with van der Waals surface area (Å²) in [6, 6.07) is 9.50. The molecule has 0 aromatic heterocycles. The molecule has 0 aliphatic heterocycles. The molecule has 1 unspecified atom stereocenters. The molecule has 2 aromatic carbocycles. The number of carbonyl (C=O) groups is 3. The fourth-order valence-electron chi connectivity index (χ4n) is 2.81. The minimum absolute atomic E-state index is 0.0582. The number of ether oxygens (including phenoxy) is 1. The van der Waals surface area contributed by atoms with Gasteiger partial charge in [-0.25, -0.2) is 4.79 Å². The zero-order chi connectivity index (χ0) is 23.8. The number of hydrogen-bond donors (Lipinski definition) is 1. The van der Waals surface area contributed by atoms with E-state index in [-0.39, 0.29) is 17.9 Å². The Balaban J connectivity index is 2.16. The van der Waals surface area contributed by atoms with Crippen molar-refractivity contribution in [3.8, 4) is 0 Å². The Morgan fingerprint density at radius 1 is 0.938 bits per heavy atom. The topological polar surface area (TPSA) is 159 Å². The maximum absolute atomic E-state index is 12.6. The Labute approximate surface area is 182 Å². The number of hydrogen-bond acceptors (Lipinski definition) is 8. The molecular weight excluding hydrogens is 422 g/mol. The number of non-ortho nitro benzene ring substituents is 2. The van der Waals surface area contributed by atoms with Crippen molar-refractivity contribution in [2.45, 2.75) is 26.3 Å². The van der Waals surface area contributed by atoms with E-state index in [1.54, 1.807) is 44.2 Å². The number of rotatable bonds is 10. The highest BCUT2D eigenvalue weighted by Gasteiger charge is 2.27. The molecule has 0 radical (unpaired) electrons. The number of nitro groups is 2. The molecule has 1 atom stereocenters. The highest BCUT2D eigenvalue weighted by atomic mass is 16.6. The van der Waals surface area contributed by atoms with Gasteiger partial charge in [-0.05, 0) is 12.3 Å². The lowest BCUT2D eigenvalue weighted by molar-refractivity contribution is -0.394. The SMILES string of the molecule is CC(C)CC(NC(=O)c1cc([N+](=O)[O-])cc([N+](=O)[O-])c1)C(=O)OCC(=O)c1ccccc1. The van der Waals surface area contributed by atoms with Gasteiger partial charge < -0.3 is 10.1 Å². The highest BCUT2D eigenvalue weighted by molar-refractivity contribution is 5.99. The van der Waals surface area contributed by atoms with E-state index in [9.17, 15) is 34.6 Å². The number of Topliss-reactive ketones (excluding diaryl/α,β-unsaturated/α-hetero) is 1. The van der Waals surface area contributed by atoms with Crippen LogP contribution in [0.2, 0.25) is 0 Å². The van der Waals surface area contributed by atoms with Crippen LogP contribution in [-0.4, -0.2) is 40.2 Å². The molecule has 0 bridgehead atoms. The normalized spacial score (nSPS) is 11.5. The van der Waals surface area contributed by atoms with Crippen LogP contribution in [0.25, 0.3) is 0 Å². The number of amides is 1. The third-order valence-corrected chi connectivity index (χ3v) is 4.32. The van der Waals surface area contributed by atoms with E-state index in [1.807, 2.05) is 0 Å². The highest BCUT2D eigenvalue weighted by Crippen LogP contribution is 2.23. The summed E-state index contributed by atoms with van der Waals surface area (Å²) in [6.07, 6.45) is 0.154. The number of nitrogens with one attached hydrogen (secondary N) is 1. The Bertz CT molecular complexity index is 1000. The van der Waals surface area contributed by atoms with Gasteiger partial charge in [0.25, 0.3) is 17.3 Å². The van der Waals surface area contributed by atoms with E-state index >= 15 is 0 Å². The second-order valence-electron chi connectivity index (χ2n) is 7.30. The lowest BCUT2D eigenvalue weighted by atomic mass is 10.0. The first-order valence-corrected chi connectivity index (χ1v) is 9.58. The van der Waals surface area contributed by atoms with Crippen molar-refractivity contribution in [1.29, 1.82) is 0 Å². The summed E-state index contributed by atoms with van der Waals surface area (Å²) in [5, 5.41) is 24.5. The lowest BCUT2D eigenvalue weighted by Crippen LogP contribution is -2.43. The lowest BCUT2D eigenvalue weighted by Gasteiger charge is -2.19. The van der Waals surface area contributed by atoms with Gasteiger partial charge in [0, 0.05) is 17.7 Å². The van der Waals surface area contributed by atoms with Crippen molar-refractivity contribution in [3.05, 3.63) is 79.9 Å². The second-order valence-corrected chi connectivity index (χ2v) is 7.30. The molecular formula is C21H21N3O8. The second kappa shape index (κ2) is 10.8. The van der Waals surface area contributed by atoms with E-state index in [1.165, 1.54) is 0 Å². The van der Waals surface area contributed by atoms with Gasteiger partial charge in [0.1, 0.15) is 6.04 Å². The smallest absolute Gasteiger partial charge is 0.329 e. The molecule has 0 aliphatic carbocycles. The van der Waals surface area contributed by atoms with Gasteiger partial charge in [0.2, 0.25) is 0 Å². The van der Waals surface area contributed by atoms with E-state index in [0.29, 0.717) is 5.56 Å². The maximum atomic E-state index is 12.6. The third-order valence-electron chi connectivity index (χ3n) is 4.32. The third kappa shape index (κ3) is 6.69. The number of ketones is 1. The van der Waals surface area contributed by atoms with Gasteiger partial charge in [0.15, 0.2) is 12.4 Å². The molecule has 0 fully saturated rings. The fourth-order valence-corrected chi connectivity index (χ4v) is 2.81. The van der Waals surface area contributed by atoms with Gasteiger partial charge in [-0.3, -0.25) is 29.8 Å². The van der Waals surface area contributed by atoms with Crippen LogP contribution >= 0.6 is 0 Å². The molecule has 11 heteroatoms. The first kappa shape index (κ1) is 24.1.